The lowest BCUT2D eigenvalue weighted by Crippen LogP contribution is -2.54. The van der Waals surface area contributed by atoms with Crippen LogP contribution in [0.5, 0.6) is 5.75 Å². The average molecular weight is 297 g/mol. The number of ether oxygens (including phenoxy) is 2. The summed E-state index contributed by atoms with van der Waals surface area (Å²) in [5.41, 5.74) is -0.831. The summed E-state index contributed by atoms with van der Waals surface area (Å²) in [6.45, 7) is 7.59. The van der Waals surface area contributed by atoms with E-state index in [9.17, 15) is 9.18 Å². The molecular weight excluding hydrogens is 273 g/mol. The Morgan fingerprint density at radius 1 is 1.29 bits per heavy atom. The van der Waals surface area contributed by atoms with E-state index in [0.717, 1.165) is 0 Å². The topological polar surface area (TPSA) is 47.6 Å². The van der Waals surface area contributed by atoms with Crippen LogP contribution in [0.3, 0.4) is 0 Å². The molecule has 1 aromatic carbocycles. The molecule has 0 heterocycles. The Labute approximate surface area is 125 Å². The normalized spacial score (nSPS) is 15.4. The number of halogens is 1. The van der Waals surface area contributed by atoms with E-state index >= 15 is 0 Å². The minimum absolute atomic E-state index is 0.132. The molecule has 0 fully saturated rings. The number of methoxy groups -OCH3 is 1. The maximum absolute atomic E-state index is 12.9. The number of nitrogens with one attached hydrogen (secondary N) is 1. The highest BCUT2D eigenvalue weighted by Gasteiger charge is 2.36. The van der Waals surface area contributed by atoms with Crippen LogP contribution in [0.4, 0.5) is 4.39 Å². The fourth-order valence-corrected chi connectivity index (χ4v) is 2.43. The molecule has 0 bridgehead atoms. The molecule has 0 saturated heterocycles. The number of rotatable bonds is 7. The van der Waals surface area contributed by atoms with Crippen LogP contribution >= 0.6 is 0 Å². The Bertz CT molecular complexity index is 461. The van der Waals surface area contributed by atoms with Crippen LogP contribution in [0.1, 0.15) is 34.1 Å². The van der Waals surface area contributed by atoms with E-state index in [1.807, 2.05) is 20.8 Å². The highest BCUT2D eigenvalue weighted by Crippen LogP contribution is 2.20. The maximum atomic E-state index is 12.9. The van der Waals surface area contributed by atoms with E-state index in [1.54, 1.807) is 19.1 Å². The molecule has 118 valence electrons. The third-order valence-corrected chi connectivity index (χ3v) is 3.09. The fraction of sp³-hybridized carbons (Fsp3) is 0.562. The van der Waals surface area contributed by atoms with E-state index in [-0.39, 0.29) is 23.9 Å². The standard InChI is InChI=1S/C16H24FNO3/c1-11(2)18-16(4,15(19)20-5)10-12(3)21-14-8-6-13(17)7-9-14/h6-9,11-12,18H,10H2,1-5H3. The smallest absolute Gasteiger partial charge is 0.325 e. The van der Waals surface area contributed by atoms with Crippen molar-refractivity contribution in [1.29, 1.82) is 0 Å². The van der Waals surface area contributed by atoms with Gasteiger partial charge in [0, 0.05) is 12.5 Å². The van der Waals surface area contributed by atoms with Gasteiger partial charge >= 0.3 is 5.97 Å². The first kappa shape index (κ1) is 17.4. The van der Waals surface area contributed by atoms with Gasteiger partial charge in [-0.15, -0.1) is 0 Å². The molecule has 5 heteroatoms. The molecule has 21 heavy (non-hydrogen) atoms. The number of carbonyl (C=O) groups is 1. The van der Waals surface area contributed by atoms with Crippen molar-refractivity contribution in [3.63, 3.8) is 0 Å². The first-order valence-corrected chi connectivity index (χ1v) is 7.05. The van der Waals surface area contributed by atoms with Gasteiger partial charge in [-0.2, -0.15) is 0 Å². The summed E-state index contributed by atoms with van der Waals surface area (Å²) in [5, 5.41) is 3.22. The lowest BCUT2D eigenvalue weighted by molar-refractivity contribution is -0.149. The molecule has 0 amide bonds. The lowest BCUT2D eigenvalue weighted by Gasteiger charge is -2.32. The number of hydrogen-bond donors (Lipinski definition) is 1. The molecule has 0 saturated carbocycles. The van der Waals surface area contributed by atoms with Gasteiger partial charge in [-0.25, -0.2) is 4.39 Å². The molecule has 0 aliphatic carbocycles. The SMILES string of the molecule is COC(=O)C(C)(CC(C)Oc1ccc(F)cc1)NC(C)C. The van der Waals surface area contributed by atoms with Gasteiger partial charge in [0.05, 0.1) is 13.2 Å². The van der Waals surface area contributed by atoms with Gasteiger partial charge in [0.2, 0.25) is 0 Å². The molecule has 4 nitrogen and oxygen atoms in total. The third-order valence-electron chi connectivity index (χ3n) is 3.09. The monoisotopic (exact) mass is 297 g/mol. The molecule has 0 radical (unpaired) electrons. The van der Waals surface area contributed by atoms with Crippen LogP contribution in [-0.2, 0) is 9.53 Å². The van der Waals surface area contributed by atoms with Gasteiger partial charge in [0.15, 0.2) is 0 Å². The minimum atomic E-state index is -0.831. The van der Waals surface area contributed by atoms with Crippen LogP contribution in [0.15, 0.2) is 24.3 Å². The van der Waals surface area contributed by atoms with Gasteiger partial charge in [0.1, 0.15) is 17.1 Å². The zero-order valence-electron chi connectivity index (χ0n) is 13.3. The van der Waals surface area contributed by atoms with Crippen molar-refractivity contribution in [2.75, 3.05) is 7.11 Å². The molecule has 0 aromatic heterocycles. The second-order valence-electron chi connectivity index (χ2n) is 5.71. The van der Waals surface area contributed by atoms with Crippen LogP contribution in [0.25, 0.3) is 0 Å². The Balaban J connectivity index is 2.73. The molecule has 0 aliphatic rings. The van der Waals surface area contributed by atoms with Crippen molar-refractivity contribution in [2.45, 2.75) is 51.8 Å². The molecule has 0 spiro atoms. The summed E-state index contributed by atoms with van der Waals surface area (Å²) >= 11 is 0. The number of carbonyl (C=O) groups excluding carboxylic acids is 1. The molecule has 1 aromatic rings. The Morgan fingerprint density at radius 3 is 2.33 bits per heavy atom. The molecule has 1 rings (SSSR count). The minimum Gasteiger partial charge on any atom is -0.491 e. The summed E-state index contributed by atoms with van der Waals surface area (Å²) in [5.74, 6) is -0.0673. The predicted molar refractivity (Wildman–Crippen MR) is 79.8 cm³/mol. The van der Waals surface area contributed by atoms with E-state index in [2.05, 4.69) is 5.32 Å². The second-order valence-corrected chi connectivity index (χ2v) is 5.71. The first-order chi connectivity index (χ1) is 9.76. The lowest BCUT2D eigenvalue weighted by atomic mass is 9.93. The van der Waals surface area contributed by atoms with Gasteiger partial charge in [0.25, 0.3) is 0 Å². The molecule has 2 atom stereocenters. The van der Waals surface area contributed by atoms with Gasteiger partial charge in [-0.05, 0) is 52.0 Å². The summed E-state index contributed by atoms with van der Waals surface area (Å²) in [6.07, 6.45) is 0.209. The van der Waals surface area contributed by atoms with Crippen molar-refractivity contribution in [3.8, 4) is 5.75 Å². The zero-order chi connectivity index (χ0) is 16.0. The van der Waals surface area contributed by atoms with Crippen molar-refractivity contribution < 1.29 is 18.7 Å². The van der Waals surface area contributed by atoms with Crippen LogP contribution in [0, 0.1) is 5.82 Å². The van der Waals surface area contributed by atoms with Gasteiger partial charge < -0.3 is 9.47 Å². The second kappa shape index (κ2) is 7.41. The van der Waals surface area contributed by atoms with E-state index < -0.39 is 5.54 Å². The Hall–Kier alpha value is -1.62. The van der Waals surface area contributed by atoms with E-state index in [1.165, 1.54) is 19.2 Å². The summed E-state index contributed by atoms with van der Waals surface area (Å²) in [6, 6.07) is 5.95. The first-order valence-electron chi connectivity index (χ1n) is 7.05. The number of esters is 1. The van der Waals surface area contributed by atoms with E-state index in [4.69, 9.17) is 9.47 Å². The average Bonchev–Trinajstić information content (AvgIpc) is 2.39. The summed E-state index contributed by atoms with van der Waals surface area (Å²) in [4.78, 5) is 12.0. The largest absolute Gasteiger partial charge is 0.491 e. The fourth-order valence-electron chi connectivity index (χ4n) is 2.43. The molecule has 0 aliphatic heterocycles. The molecular formula is C16H24FNO3. The van der Waals surface area contributed by atoms with Gasteiger partial charge in [-0.3, -0.25) is 10.1 Å². The van der Waals surface area contributed by atoms with Crippen LogP contribution < -0.4 is 10.1 Å². The van der Waals surface area contributed by atoms with Crippen molar-refractivity contribution >= 4 is 5.97 Å². The Morgan fingerprint density at radius 2 is 1.86 bits per heavy atom. The van der Waals surface area contributed by atoms with Crippen LogP contribution in [-0.4, -0.2) is 30.8 Å². The highest BCUT2D eigenvalue weighted by molar-refractivity contribution is 5.80. The third kappa shape index (κ3) is 5.34. The maximum Gasteiger partial charge on any atom is 0.325 e. The Kier molecular flexibility index (Phi) is 6.15. The number of hydrogen-bond acceptors (Lipinski definition) is 4. The zero-order valence-corrected chi connectivity index (χ0v) is 13.3. The van der Waals surface area contributed by atoms with Crippen LogP contribution in [0.2, 0.25) is 0 Å². The van der Waals surface area contributed by atoms with Crippen molar-refractivity contribution in [1.82, 2.24) is 5.32 Å². The number of benzene rings is 1. The molecule has 1 N–H and O–H groups in total. The quantitative estimate of drug-likeness (QED) is 0.786. The molecule has 2 unspecified atom stereocenters. The predicted octanol–water partition coefficient (Wildman–Crippen LogP) is 2.91. The van der Waals surface area contributed by atoms with Crippen molar-refractivity contribution in [3.05, 3.63) is 30.1 Å². The van der Waals surface area contributed by atoms with Gasteiger partial charge in [-0.1, -0.05) is 0 Å². The highest BCUT2D eigenvalue weighted by atomic mass is 19.1. The van der Waals surface area contributed by atoms with Crippen molar-refractivity contribution in [2.24, 2.45) is 0 Å². The summed E-state index contributed by atoms with van der Waals surface area (Å²) < 4.78 is 23.5. The van der Waals surface area contributed by atoms with E-state index in [0.29, 0.717) is 12.2 Å². The summed E-state index contributed by atoms with van der Waals surface area (Å²) in [7, 11) is 1.37.